The van der Waals surface area contributed by atoms with E-state index < -0.39 is 0 Å². The predicted molar refractivity (Wildman–Crippen MR) is 48.8 cm³/mol. The molecule has 1 atom stereocenters. The highest BCUT2D eigenvalue weighted by Crippen LogP contribution is 1.97. The Bertz CT molecular complexity index is 187. The molecule has 74 valence electrons. The number of amides is 1. The summed E-state index contributed by atoms with van der Waals surface area (Å²) in [6.07, 6.45) is 1.92. The molecule has 1 unspecified atom stereocenters. The number of aliphatic hydroxyl groups is 1. The maximum atomic E-state index is 11.1. The zero-order valence-electron chi connectivity index (χ0n) is 7.92. The summed E-state index contributed by atoms with van der Waals surface area (Å²) in [5.41, 5.74) is 0. The van der Waals surface area contributed by atoms with Crippen molar-refractivity contribution in [3.05, 3.63) is 0 Å². The number of nitrogens with one attached hydrogen (secondary N) is 1. The molecular formula is C9H16N2O2. The second-order valence-corrected chi connectivity index (χ2v) is 2.86. The summed E-state index contributed by atoms with van der Waals surface area (Å²) in [7, 11) is 0. The van der Waals surface area contributed by atoms with Crippen LogP contribution >= 0.6 is 0 Å². The van der Waals surface area contributed by atoms with Crippen molar-refractivity contribution in [1.29, 1.82) is 5.26 Å². The molecule has 0 aromatic rings. The zero-order valence-corrected chi connectivity index (χ0v) is 7.92. The molecular weight excluding hydrogens is 168 g/mol. The van der Waals surface area contributed by atoms with Crippen LogP contribution in [0.2, 0.25) is 0 Å². The maximum Gasteiger partial charge on any atom is 0.220 e. The fourth-order valence-electron chi connectivity index (χ4n) is 0.947. The van der Waals surface area contributed by atoms with Crippen molar-refractivity contribution in [2.45, 2.75) is 38.6 Å². The topological polar surface area (TPSA) is 73.1 Å². The van der Waals surface area contributed by atoms with Gasteiger partial charge in [0, 0.05) is 19.1 Å². The van der Waals surface area contributed by atoms with Gasteiger partial charge in [0.15, 0.2) is 0 Å². The van der Waals surface area contributed by atoms with Crippen LogP contribution in [0.4, 0.5) is 0 Å². The molecule has 13 heavy (non-hydrogen) atoms. The fourth-order valence-corrected chi connectivity index (χ4v) is 0.947. The smallest absolute Gasteiger partial charge is 0.220 e. The van der Waals surface area contributed by atoms with E-state index in [4.69, 9.17) is 10.4 Å². The minimum Gasteiger partial charge on any atom is -0.396 e. The summed E-state index contributed by atoms with van der Waals surface area (Å²) in [5, 5.41) is 19.6. The first kappa shape index (κ1) is 11.9. The van der Waals surface area contributed by atoms with Crippen LogP contribution in [0, 0.1) is 11.3 Å². The Morgan fingerprint density at radius 1 is 1.69 bits per heavy atom. The SMILES string of the molecule is CCC(CC#N)NC(=O)CCCO. The van der Waals surface area contributed by atoms with E-state index in [0.29, 0.717) is 19.3 Å². The highest BCUT2D eigenvalue weighted by molar-refractivity contribution is 5.76. The van der Waals surface area contributed by atoms with Gasteiger partial charge in [-0.3, -0.25) is 4.79 Å². The molecule has 0 bridgehead atoms. The number of aliphatic hydroxyl groups excluding tert-OH is 1. The molecule has 0 aromatic heterocycles. The standard InChI is InChI=1S/C9H16N2O2/c1-2-8(5-6-10)11-9(13)4-3-7-12/h8,12H,2-5,7H2,1H3,(H,11,13). The lowest BCUT2D eigenvalue weighted by atomic mass is 10.1. The third kappa shape index (κ3) is 6.12. The van der Waals surface area contributed by atoms with Crippen molar-refractivity contribution in [2.75, 3.05) is 6.61 Å². The second-order valence-electron chi connectivity index (χ2n) is 2.86. The van der Waals surface area contributed by atoms with E-state index in [-0.39, 0.29) is 18.6 Å². The maximum absolute atomic E-state index is 11.1. The van der Waals surface area contributed by atoms with Crippen LogP contribution in [-0.2, 0) is 4.79 Å². The Labute approximate surface area is 78.6 Å². The Morgan fingerprint density at radius 2 is 2.38 bits per heavy atom. The van der Waals surface area contributed by atoms with Gasteiger partial charge in [0.1, 0.15) is 0 Å². The lowest BCUT2D eigenvalue weighted by molar-refractivity contribution is -0.122. The van der Waals surface area contributed by atoms with Gasteiger partial charge in [-0.2, -0.15) is 5.26 Å². The molecule has 4 nitrogen and oxygen atoms in total. The average Bonchev–Trinajstić information content (AvgIpc) is 2.14. The fraction of sp³-hybridized carbons (Fsp3) is 0.778. The second kappa shape index (κ2) is 7.56. The van der Waals surface area contributed by atoms with Crippen LogP contribution in [0.3, 0.4) is 0 Å². The van der Waals surface area contributed by atoms with Crippen LogP contribution in [0.5, 0.6) is 0 Å². The molecule has 0 saturated carbocycles. The van der Waals surface area contributed by atoms with Gasteiger partial charge in [-0.1, -0.05) is 6.92 Å². The molecule has 4 heteroatoms. The van der Waals surface area contributed by atoms with Gasteiger partial charge < -0.3 is 10.4 Å². The first-order valence-corrected chi connectivity index (χ1v) is 4.51. The van der Waals surface area contributed by atoms with Crippen LogP contribution in [0.25, 0.3) is 0 Å². The first-order chi connectivity index (χ1) is 6.24. The van der Waals surface area contributed by atoms with Crippen molar-refractivity contribution in [3.8, 4) is 6.07 Å². The van der Waals surface area contributed by atoms with Crippen molar-refractivity contribution in [2.24, 2.45) is 0 Å². The van der Waals surface area contributed by atoms with E-state index in [1.807, 2.05) is 13.0 Å². The number of carbonyl (C=O) groups excluding carboxylic acids is 1. The summed E-state index contributed by atoms with van der Waals surface area (Å²) in [5.74, 6) is -0.0869. The molecule has 0 aromatic carbocycles. The molecule has 0 aliphatic carbocycles. The quantitative estimate of drug-likeness (QED) is 0.633. The number of carbonyl (C=O) groups is 1. The molecule has 0 heterocycles. The van der Waals surface area contributed by atoms with E-state index in [2.05, 4.69) is 5.32 Å². The molecule has 0 rings (SSSR count). The number of hydrogen-bond acceptors (Lipinski definition) is 3. The van der Waals surface area contributed by atoms with Crippen molar-refractivity contribution in [3.63, 3.8) is 0 Å². The molecule has 0 aliphatic rings. The average molecular weight is 184 g/mol. The minimum absolute atomic E-state index is 0.0302. The normalized spacial score (nSPS) is 11.8. The summed E-state index contributed by atoms with van der Waals surface area (Å²) in [6, 6.07) is 1.97. The Hall–Kier alpha value is -1.08. The van der Waals surface area contributed by atoms with Gasteiger partial charge in [0.25, 0.3) is 0 Å². The summed E-state index contributed by atoms with van der Waals surface area (Å²) < 4.78 is 0. The van der Waals surface area contributed by atoms with Gasteiger partial charge in [-0.05, 0) is 12.8 Å². The first-order valence-electron chi connectivity index (χ1n) is 4.51. The van der Waals surface area contributed by atoms with E-state index in [9.17, 15) is 4.79 Å². The Kier molecular flexibility index (Phi) is 6.93. The van der Waals surface area contributed by atoms with Crippen molar-refractivity contribution >= 4 is 5.91 Å². The van der Waals surface area contributed by atoms with Gasteiger partial charge in [0.05, 0.1) is 12.5 Å². The molecule has 0 radical (unpaired) electrons. The summed E-state index contributed by atoms with van der Waals surface area (Å²) >= 11 is 0. The predicted octanol–water partition coefficient (Wildman–Crippen LogP) is 0.567. The highest BCUT2D eigenvalue weighted by atomic mass is 16.3. The van der Waals surface area contributed by atoms with Crippen LogP contribution < -0.4 is 5.32 Å². The number of rotatable bonds is 6. The van der Waals surface area contributed by atoms with Crippen LogP contribution in [0.1, 0.15) is 32.6 Å². The van der Waals surface area contributed by atoms with Crippen LogP contribution in [-0.4, -0.2) is 23.7 Å². The van der Waals surface area contributed by atoms with Gasteiger partial charge in [-0.15, -0.1) is 0 Å². The van der Waals surface area contributed by atoms with E-state index in [0.717, 1.165) is 6.42 Å². The van der Waals surface area contributed by atoms with E-state index in [1.165, 1.54) is 0 Å². The molecule has 2 N–H and O–H groups in total. The van der Waals surface area contributed by atoms with E-state index in [1.54, 1.807) is 0 Å². The van der Waals surface area contributed by atoms with Crippen molar-refractivity contribution in [1.82, 2.24) is 5.32 Å². The molecule has 0 spiro atoms. The molecule has 0 fully saturated rings. The van der Waals surface area contributed by atoms with E-state index >= 15 is 0 Å². The summed E-state index contributed by atoms with van der Waals surface area (Å²) in [4.78, 5) is 11.1. The van der Waals surface area contributed by atoms with Gasteiger partial charge in [-0.25, -0.2) is 0 Å². The van der Waals surface area contributed by atoms with Crippen LogP contribution in [0.15, 0.2) is 0 Å². The lowest BCUT2D eigenvalue weighted by Crippen LogP contribution is -2.33. The van der Waals surface area contributed by atoms with Gasteiger partial charge >= 0.3 is 0 Å². The largest absolute Gasteiger partial charge is 0.396 e. The minimum atomic E-state index is -0.0869. The third-order valence-electron chi connectivity index (χ3n) is 1.76. The Morgan fingerprint density at radius 3 is 2.85 bits per heavy atom. The van der Waals surface area contributed by atoms with Crippen molar-refractivity contribution < 1.29 is 9.90 Å². The molecule has 0 saturated heterocycles. The number of hydrogen-bond donors (Lipinski definition) is 2. The highest BCUT2D eigenvalue weighted by Gasteiger charge is 2.08. The summed E-state index contributed by atoms with van der Waals surface area (Å²) in [6.45, 7) is 1.96. The zero-order chi connectivity index (χ0) is 10.1. The number of nitriles is 1. The molecule has 0 aliphatic heterocycles. The monoisotopic (exact) mass is 184 g/mol. The van der Waals surface area contributed by atoms with Gasteiger partial charge in [0.2, 0.25) is 5.91 Å². The lowest BCUT2D eigenvalue weighted by Gasteiger charge is -2.12. The Balaban J connectivity index is 3.67. The third-order valence-corrected chi connectivity index (χ3v) is 1.76. The number of nitrogens with zero attached hydrogens (tertiary/aromatic N) is 1. The molecule has 1 amide bonds.